The minimum atomic E-state index is -3.67. The Morgan fingerprint density at radius 1 is 1.13 bits per heavy atom. The zero-order chi connectivity index (χ0) is 16.6. The molecule has 0 radical (unpaired) electrons. The third-order valence-electron chi connectivity index (χ3n) is 3.54. The molecule has 23 heavy (non-hydrogen) atoms. The average Bonchev–Trinajstić information content (AvgIpc) is 2.93. The van der Waals surface area contributed by atoms with Crippen molar-refractivity contribution in [3.05, 3.63) is 53.9 Å². The average molecular weight is 330 g/mol. The van der Waals surface area contributed by atoms with Crippen LogP contribution in [0.3, 0.4) is 0 Å². The van der Waals surface area contributed by atoms with Crippen LogP contribution in [-0.4, -0.2) is 23.0 Å². The number of aryl methyl sites for hydroxylation is 1. The van der Waals surface area contributed by atoms with Gasteiger partial charge in [0.15, 0.2) is 5.65 Å². The molecule has 6 nitrogen and oxygen atoms in total. The molecule has 0 saturated heterocycles. The Morgan fingerprint density at radius 2 is 1.83 bits per heavy atom. The van der Waals surface area contributed by atoms with E-state index in [1.807, 2.05) is 26.8 Å². The fraction of sp³-hybridized carbons (Fsp3) is 0.250. The minimum absolute atomic E-state index is 0.212. The summed E-state index contributed by atoms with van der Waals surface area (Å²) in [5, 5.41) is 4.43. The van der Waals surface area contributed by atoms with Crippen LogP contribution in [0.15, 0.2) is 47.5 Å². The number of hydrogen-bond acceptors (Lipinski definition) is 4. The highest BCUT2D eigenvalue weighted by Gasteiger charge is 2.17. The highest BCUT2D eigenvalue weighted by atomic mass is 32.2. The molecule has 0 spiro atoms. The molecule has 0 atom stereocenters. The lowest BCUT2D eigenvalue weighted by Crippen LogP contribution is -2.15. The maximum absolute atomic E-state index is 12.5. The summed E-state index contributed by atoms with van der Waals surface area (Å²) in [4.78, 5) is 4.44. The van der Waals surface area contributed by atoms with Crippen LogP contribution in [0, 0.1) is 6.92 Å². The quantitative estimate of drug-likeness (QED) is 0.798. The largest absolute Gasteiger partial charge is 0.263 e. The highest BCUT2D eigenvalue weighted by Crippen LogP contribution is 2.20. The van der Waals surface area contributed by atoms with Crippen molar-refractivity contribution in [1.29, 1.82) is 0 Å². The van der Waals surface area contributed by atoms with Crippen LogP contribution in [0.4, 0.5) is 5.82 Å². The lowest BCUT2D eigenvalue weighted by molar-refractivity contribution is 0.600. The number of hydrogen-bond donors (Lipinski definition) is 1. The highest BCUT2D eigenvalue weighted by molar-refractivity contribution is 7.92. The Kier molecular flexibility index (Phi) is 3.81. The van der Waals surface area contributed by atoms with E-state index in [4.69, 9.17) is 0 Å². The Balaban J connectivity index is 2.02. The zero-order valence-corrected chi connectivity index (χ0v) is 14.0. The topological polar surface area (TPSA) is 76.4 Å². The normalized spacial score (nSPS) is 12.0. The summed E-state index contributed by atoms with van der Waals surface area (Å²) in [6.45, 7) is 5.96. The van der Waals surface area contributed by atoms with Gasteiger partial charge in [-0.1, -0.05) is 31.5 Å². The Hall–Kier alpha value is -2.41. The summed E-state index contributed by atoms with van der Waals surface area (Å²) in [5.74, 6) is 0.598. The predicted molar refractivity (Wildman–Crippen MR) is 89.1 cm³/mol. The number of nitrogens with one attached hydrogen (secondary N) is 1. The Morgan fingerprint density at radius 3 is 2.48 bits per heavy atom. The number of sulfonamides is 1. The summed E-state index contributed by atoms with van der Waals surface area (Å²) in [6, 6.07) is 10.1. The number of aromatic nitrogens is 3. The van der Waals surface area contributed by atoms with E-state index in [2.05, 4.69) is 14.8 Å². The first-order valence-corrected chi connectivity index (χ1v) is 8.79. The van der Waals surface area contributed by atoms with Gasteiger partial charge in [0.25, 0.3) is 10.0 Å². The van der Waals surface area contributed by atoms with Crippen molar-refractivity contribution in [3.63, 3.8) is 0 Å². The van der Waals surface area contributed by atoms with Gasteiger partial charge in [-0.3, -0.25) is 4.72 Å². The molecular formula is C16H18N4O2S. The van der Waals surface area contributed by atoms with Crippen molar-refractivity contribution in [2.24, 2.45) is 0 Å². The van der Waals surface area contributed by atoms with E-state index >= 15 is 0 Å². The van der Waals surface area contributed by atoms with E-state index in [-0.39, 0.29) is 10.8 Å². The fourth-order valence-electron chi connectivity index (χ4n) is 2.19. The number of nitrogens with zero attached hydrogens (tertiary/aromatic N) is 3. The molecular weight excluding hydrogens is 312 g/mol. The molecule has 0 aliphatic heterocycles. The molecule has 3 aromatic rings. The van der Waals surface area contributed by atoms with Crippen molar-refractivity contribution in [2.75, 3.05) is 4.72 Å². The van der Waals surface area contributed by atoms with Gasteiger partial charge in [-0.25, -0.2) is 13.4 Å². The molecule has 0 bridgehead atoms. The third kappa shape index (κ3) is 3.05. The van der Waals surface area contributed by atoms with E-state index in [0.717, 1.165) is 11.3 Å². The number of anilines is 1. The first kappa shape index (κ1) is 15.5. The van der Waals surface area contributed by atoms with E-state index in [1.54, 1.807) is 36.5 Å². The smallest absolute Gasteiger partial charge is 0.263 e. The first-order chi connectivity index (χ1) is 10.9. The van der Waals surface area contributed by atoms with Gasteiger partial charge in [0.2, 0.25) is 0 Å². The van der Waals surface area contributed by atoms with Crippen molar-refractivity contribution >= 4 is 21.5 Å². The molecule has 2 heterocycles. The molecule has 0 fully saturated rings. The molecule has 0 saturated carbocycles. The maximum atomic E-state index is 12.5. The summed E-state index contributed by atoms with van der Waals surface area (Å²) < 4.78 is 29.1. The summed E-state index contributed by atoms with van der Waals surface area (Å²) in [5.41, 5.74) is 2.47. The van der Waals surface area contributed by atoms with Crippen LogP contribution in [0.5, 0.6) is 0 Å². The fourth-order valence-corrected chi connectivity index (χ4v) is 3.23. The van der Waals surface area contributed by atoms with Gasteiger partial charge in [0, 0.05) is 12.3 Å². The molecule has 1 aromatic carbocycles. The minimum Gasteiger partial charge on any atom is -0.263 e. The summed E-state index contributed by atoms with van der Waals surface area (Å²) in [7, 11) is -3.67. The van der Waals surface area contributed by atoms with Gasteiger partial charge < -0.3 is 0 Å². The van der Waals surface area contributed by atoms with Crippen LogP contribution in [0.2, 0.25) is 0 Å². The SMILES string of the molecule is Cc1ccc(S(=O)(=O)Nc2ccnc3cc(C(C)C)nn23)cc1. The molecule has 0 amide bonds. The molecule has 120 valence electrons. The van der Waals surface area contributed by atoms with Crippen LogP contribution >= 0.6 is 0 Å². The Labute approximate surface area is 135 Å². The van der Waals surface area contributed by atoms with Gasteiger partial charge in [-0.15, -0.1) is 0 Å². The lowest BCUT2D eigenvalue weighted by Gasteiger charge is -2.09. The van der Waals surface area contributed by atoms with Crippen LogP contribution < -0.4 is 4.72 Å². The number of rotatable bonds is 4. The number of benzene rings is 1. The maximum Gasteiger partial charge on any atom is 0.263 e. The standard InChI is InChI=1S/C16H18N4O2S/c1-11(2)14-10-16-17-9-8-15(20(16)18-14)19-23(21,22)13-6-4-12(3)5-7-13/h4-11,19H,1-3H3. The van der Waals surface area contributed by atoms with Gasteiger partial charge in [0.1, 0.15) is 5.82 Å². The van der Waals surface area contributed by atoms with E-state index in [1.165, 1.54) is 4.52 Å². The van der Waals surface area contributed by atoms with Gasteiger partial charge in [-0.2, -0.15) is 9.61 Å². The first-order valence-electron chi connectivity index (χ1n) is 7.31. The third-order valence-corrected chi connectivity index (χ3v) is 4.91. The van der Waals surface area contributed by atoms with Gasteiger partial charge in [-0.05, 0) is 31.0 Å². The molecule has 2 aromatic heterocycles. The van der Waals surface area contributed by atoms with Gasteiger partial charge >= 0.3 is 0 Å². The Bertz CT molecular complexity index is 944. The van der Waals surface area contributed by atoms with Crippen molar-refractivity contribution in [3.8, 4) is 0 Å². The van der Waals surface area contributed by atoms with Crippen molar-refractivity contribution < 1.29 is 8.42 Å². The van der Waals surface area contributed by atoms with Crippen LogP contribution in [0.1, 0.15) is 31.0 Å². The molecule has 0 unspecified atom stereocenters. The second kappa shape index (κ2) is 5.66. The molecule has 7 heteroatoms. The van der Waals surface area contributed by atoms with Crippen LogP contribution in [0.25, 0.3) is 5.65 Å². The van der Waals surface area contributed by atoms with E-state index < -0.39 is 10.0 Å². The second-order valence-electron chi connectivity index (χ2n) is 5.74. The molecule has 0 aliphatic carbocycles. The second-order valence-corrected chi connectivity index (χ2v) is 7.42. The van der Waals surface area contributed by atoms with E-state index in [0.29, 0.717) is 11.5 Å². The van der Waals surface area contributed by atoms with Crippen molar-refractivity contribution in [1.82, 2.24) is 14.6 Å². The predicted octanol–water partition coefficient (Wildman–Crippen LogP) is 2.96. The van der Waals surface area contributed by atoms with E-state index in [9.17, 15) is 8.42 Å². The zero-order valence-electron chi connectivity index (χ0n) is 13.2. The summed E-state index contributed by atoms with van der Waals surface area (Å²) in [6.07, 6.45) is 1.56. The monoisotopic (exact) mass is 330 g/mol. The lowest BCUT2D eigenvalue weighted by atomic mass is 10.1. The molecule has 3 rings (SSSR count). The van der Waals surface area contributed by atoms with Crippen LogP contribution in [-0.2, 0) is 10.0 Å². The molecule has 0 aliphatic rings. The van der Waals surface area contributed by atoms with Gasteiger partial charge in [0.05, 0.1) is 10.6 Å². The molecule has 1 N–H and O–H groups in total. The number of fused-ring (bicyclic) bond motifs is 1. The summed E-state index contributed by atoms with van der Waals surface area (Å²) >= 11 is 0. The van der Waals surface area contributed by atoms with Crippen molar-refractivity contribution in [2.45, 2.75) is 31.6 Å².